The number of nitrogens with zero attached hydrogens (tertiary/aromatic N) is 1. The Balaban J connectivity index is 2.78. The van der Waals surface area contributed by atoms with E-state index >= 15 is 0 Å². The minimum atomic E-state index is -0.443. The minimum absolute atomic E-state index is 0.0846. The third kappa shape index (κ3) is 2.45. The fraction of sp³-hybridized carbons (Fsp3) is 0.400. The Bertz CT molecular complexity index is 325. The molecule has 0 saturated carbocycles. The molecule has 4 heteroatoms. The number of carbonyl (C=O) groups excluding carboxylic acids is 1. The third-order valence-electron chi connectivity index (χ3n) is 1.84. The van der Waals surface area contributed by atoms with Crippen LogP contribution in [0.5, 0.6) is 5.88 Å². The van der Waals surface area contributed by atoms with E-state index in [1.54, 1.807) is 26.0 Å². The standard InChI is InChI=1S/C10H13NO3/c1-3-14-10(13)7(2)8-5-4-6-9(12)11-8/h4-7H,3H2,1-2H3,(H,11,12). The molecule has 1 atom stereocenters. The van der Waals surface area contributed by atoms with Crippen molar-refractivity contribution in [2.75, 3.05) is 6.61 Å². The molecule has 0 aliphatic carbocycles. The molecule has 1 N–H and O–H groups in total. The summed E-state index contributed by atoms with van der Waals surface area (Å²) in [5.74, 6) is -0.855. The lowest BCUT2D eigenvalue weighted by molar-refractivity contribution is -0.144. The van der Waals surface area contributed by atoms with Crippen LogP contribution in [0.25, 0.3) is 0 Å². The number of hydrogen-bond acceptors (Lipinski definition) is 4. The molecule has 0 saturated heterocycles. The van der Waals surface area contributed by atoms with E-state index in [0.29, 0.717) is 12.3 Å². The first-order valence-corrected chi connectivity index (χ1v) is 4.47. The van der Waals surface area contributed by atoms with Crippen molar-refractivity contribution in [1.82, 2.24) is 4.98 Å². The molecule has 0 fully saturated rings. The summed E-state index contributed by atoms with van der Waals surface area (Å²) >= 11 is 0. The fourth-order valence-corrected chi connectivity index (χ4v) is 1.07. The molecule has 0 aliphatic rings. The number of hydrogen-bond donors (Lipinski definition) is 1. The lowest BCUT2D eigenvalue weighted by Gasteiger charge is -2.09. The highest BCUT2D eigenvalue weighted by Crippen LogP contribution is 2.16. The van der Waals surface area contributed by atoms with Gasteiger partial charge in [0.2, 0.25) is 5.88 Å². The third-order valence-corrected chi connectivity index (χ3v) is 1.84. The van der Waals surface area contributed by atoms with E-state index in [-0.39, 0.29) is 11.8 Å². The van der Waals surface area contributed by atoms with Crippen molar-refractivity contribution in [3.63, 3.8) is 0 Å². The van der Waals surface area contributed by atoms with Gasteiger partial charge in [-0.3, -0.25) is 4.79 Å². The van der Waals surface area contributed by atoms with E-state index in [0.717, 1.165) is 0 Å². The van der Waals surface area contributed by atoms with Crippen LogP contribution in [0.1, 0.15) is 25.5 Å². The van der Waals surface area contributed by atoms with Gasteiger partial charge >= 0.3 is 5.97 Å². The molecule has 0 spiro atoms. The highest BCUT2D eigenvalue weighted by atomic mass is 16.5. The second-order valence-corrected chi connectivity index (χ2v) is 2.89. The van der Waals surface area contributed by atoms with Gasteiger partial charge in [-0.1, -0.05) is 6.07 Å². The van der Waals surface area contributed by atoms with Crippen LogP contribution in [0.4, 0.5) is 0 Å². The van der Waals surface area contributed by atoms with Crippen molar-refractivity contribution in [3.05, 3.63) is 23.9 Å². The van der Waals surface area contributed by atoms with Gasteiger partial charge in [0, 0.05) is 6.07 Å². The smallest absolute Gasteiger partial charge is 0.314 e. The topological polar surface area (TPSA) is 59.4 Å². The Kier molecular flexibility index (Phi) is 3.45. The molecular formula is C10H13NO3. The normalized spacial score (nSPS) is 12.1. The van der Waals surface area contributed by atoms with Gasteiger partial charge in [0.1, 0.15) is 0 Å². The summed E-state index contributed by atoms with van der Waals surface area (Å²) in [6, 6.07) is 4.79. The van der Waals surface area contributed by atoms with Crippen LogP contribution >= 0.6 is 0 Å². The van der Waals surface area contributed by atoms with E-state index in [2.05, 4.69) is 4.98 Å². The van der Waals surface area contributed by atoms with E-state index in [1.807, 2.05) is 0 Å². The quantitative estimate of drug-likeness (QED) is 0.741. The fourth-order valence-electron chi connectivity index (χ4n) is 1.07. The molecule has 0 bridgehead atoms. The molecule has 14 heavy (non-hydrogen) atoms. The maximum atomic E-state index is 11.3. The summed E-state index contributed by atoms with van der Waals surface area (Å²) in [6.45, 7) is 3.79. The van der Waals surface area contributed by atoms with E-state index in [9.17, 15) is 4.79 Å². The largest absolute Gasteiger partial charge is 0.493 e. The minimum Gasteiger partial charge on any atom is -0.493 e. The molecule has 1 unspecified atom stereocenters. The van der Waals surface area contributed by atoms with Crippen molar-refractivity contribution < 1.29 is 14.6 Å². The van der Waals surface area contributed by atoms with Gasteiger partial charge in [0.25, 0.3) is 0 Å². The molecule has 0 aromatic carbocycles. The van der Waals surface area contributed by atoms with E-state index in [1.165, 1.54) is 6.07 Å². The summed E-state index contributed by atoms with van der Waals surface area (Å²) in [6.07, 6.45) is 0. The number of pyridine rings is 1. The SMILES string of the molecule is CCOC(=O)C(C)c1cccc(O)n1. The molecule has 1 aromatic heterocycles. The molecular weight excluding hydrogens is 182 g/mol. The molecule has 0 amide bonds. The second-order valence-electron chi connectivity index (χ2n) is 2.89. The first-order valence-electron chi connectivity index (χ1n) is 4.47. The lowest BCUT2D eigenvalue weighted by atomic mass is 10.1. The summed E-state index contributed by atoms with van der Waals surface area (Å²) in [5.41, 5.74) is 0.517. The van der Waals surface area contributed by atoms with Gasteiger partial charge < -0.3 is 9.84 Å². The highest BCUT2D eigenvalue weighted by molar-refractivity contribution is 5.77. The highest BCUT2D eigenvalue weighted by Gasteiger charge is 2.17. The van der Waals surface area contributed by atoms with Crippen molar-refractivity contribution in [2.24, 2.45) is 0 Å². The van der Waals surface area contributed by atoms with Crippen molar-refractivity contribution in [2.45, 2.75) is 19.8 Å². The zero-order valence-corrected chi connectivity index (χ0v) is 8.23. The van der Waals surface area contributed by atoms with Crippen LogP contribution in [0.15, 0.2) is 18.2 Å². The van der Waals surface area contributed by atoms with Crippen molar-refractivity contribution in [3.8, 4) is 5.88 Å². The molecule has 1 aromatic rings. The summed E-state index contributed by atoms with van der Waals surface area (Å²) < 4.78 is 4.84. The van der Waals surface area contributed by atoms with Crippen LogP contribution in [0.2, 0.25) is 0 Å². The maximum Gasteiger partial charge on any atom is 0.314 e. The molecule has 0 aliphatic heterocycles. The first-order chi connectivity index (χ1) is 6.65. The number of rotatable bonds is 3. The van der Waals surface area contributed by atoms with Gasteiger partial charge in [-0.05, 0) is 19.9 Å². The molecule has 1 heterocycles. The molecule has 4 nitrogen and oxygen atoms in total. The molecule has 0 radical (unpaired) electrons. The van der Waals surface area contributed by atoms with Crippen LogP contribution in [-0.2, 0) is 9.53 Å². The Hall–Kier alpha value is -1.58. The van der Waals surface area contributed by atoms with Gasteiger partial charge in [0.05, 0.1) is 18.2 Å². The Morgan fingerprint density at radius 2 is 2.36 bits per heavy atom. The van der Waals surface area contributed by atoms with Crippen molar-refractivity contribution >= 4 is 5.97 Å². The number of aromatic nitrogens is 1. The van der Waals surface area contributed by atoms with Crippen LogP contribution < -0.4 is 0 Å². The Morgan fingerprint density at radius 3 is 2.93 bits per heavy atom. The summed E-state index contributed by atoms with van der Waals surface area (Å²) in [7, 11) is 0. The summed E-state index contributed by atoms with van der Waals surface area (Å²) in [4.78, 5) is 15.1. The number of esters is 1. The van der Waals surface area contributed by atoms with Gasteiger partial charge in [-0.15, -0.1) is 0 Å². The number of aromatic hydroxyl groups is 1. The zero-order chi connectivity index (χ0) is 10.6. The van der Waals surface area contributed by atoms with Crippen LogP contribution in [0, 0.1) is 0 Å². The molecule has 1 rings (SSSR count). The zero-order valence-electron chi connectivity index (χ0n) is 8.23. The van der Waals surface area contributed by atoms with Gasteiger partial charge in [0.15, 0.2) is 0 Å². The Morgan fingerprint density at radius 1 is 1.64 bits per heavy atom. The summed E-state index contributed by atoms with van der Waals surface area (Å²) in [5, 5.41) is 9.11. The molecule has 76 valence electrons. The average Bonchev–Trinajstić information content (AvgIpc) is 2.17. The van der Waals surface area contributed by atoms with Gasteiger partial charge in [-0.25, -0.2) is 4.98 Å². The van der Waals surface area contributed by atoms with Gasteiger partial charge in [-0.2, -0.15) is 0 Å². The average molecular weight is 195 g/mol. The number of carbonyl (C=O) groups is 1. The van der Waals surface area contributed by atoms with Crippen LogP contribution in [0.3, 0.4) is 0 Å². The van der Waals surface area contributed by atoms with Crippen molar-refractivity contribution in [1.29, 1.82) is 0 Å². The Labute approximate surface area is 82.5 Å². The predicted octanol–water partition coefficient (Wildman–Crippen LogP) is 1.45. The monoisotopic (exact) mass is 195 g/mol. The maximum absolute atomic E-state index is 11.3. The number of ether oxygens (including phenoxy) is 1. The predicted molar refractivity (Wildman–Crippen MR) is 50.9 cm³/mol. The lowest BCUT2D eigenvalue weighted by Crippen LogP contribution is -2.13. The van der Waals surface area contributed by atoms with E-state index < -0.39 is 5.92 Å². The van der Waals surface area contributed by atoms with Crippen LogP contribution in [-0.4, -0.2) is 22.7 Å². The first kappa shape index (κ1) is 10.5. The van der Waals surface area contributed by atoms with E-state index in [4.69, 9.17) is 9.84 Å². The second kappa shape index (κ2) is 4.60.